The van der Waals surface area contributed by atoms with E-state index in [1.165, 1.54) is 11.3 Å². The predicted octanol–water partition coefficient (Wildman–Crippen LogP) is 5.13. The molecule has 7 heteroatoms. The van der Waals surface area contributed by atoms with Crippen molar-refractivity contribution in [2.75, 3.05) is 25.1 Å². The van der Waals surface area contributed by atoms with Crippen molar-refractivity contribution in [3.8, 4) is 0 Å². The number of halogens is 1. The maximum absolute atomic E-state index is 13.1. The van der Waals surface area contributed by atoms with Crippen LogP contribution in [0.2, 0.25) is 5.02 Å². The molecular weight excluding hydrogens is 432 g/mol. The summed E-state index contributed by atoms with van der Waals surface area (Å²) in [6, 6.07) is 18.4. The van der Waals surface area contributed by atoms with Gasteiger partial charge in [-0.15, -0.1) is 11.3 Å². The van der Waals surface area contributed by atoms with Crippen LogP contribution in [0.3, 0.4) is 0 Å². The number of carbonyl (C=O) groups excluding carboxylic acids is 2. The maximum Gasteiger partial charge on any atom is 0.265 e. The molecule has 1 saturated heterocycles. The molecule has 4 rings (SSSR count). The second kappa shape index (κ2) is 9.64. The Balaban J connectivity index is 1.52. The molecule has 1 aliphatic heterocycles. The summed E-state index contributed by atoms with van der Waals surface area (Å²) in [6.45, 7) is 1.73. The Morgan fingerprint density at radius 2 is 1.81 bits per heavy atom. The number of hydrogen-bond acceptors (Lipinski definition) is 4. The third kappa shape index (κ3) is 4.98. The molecule has 0 aliphatic carbocycles. The van der Waals surface area contributed by atoms with Crippen LogP contribution in [0.1, 0.15) is 38.4 Å². The molecule has 0 spiro atoms. The van der Waals surface area contributed by atoms with Gasteiger partial charge in [0.2, 0.25) is 0 Å². The van der Waals surface area contributed by atoms with Gasteiger partial charge in [0.15, 0.2) is 0 Å². The summed E-state index contributed by atoms with van der Waals surface area (Å²) < 4.78 is 5.57. The maximum atomic E-state index is 13.1. The van der Waals surface area contributed by atoms with Crippen molar-refractivity contribution in [3.63, 3.8) is 0 Å². The lowest BCUT2D eigenvalue weighted by Gasteiger charge is -2.38. The first kappa shape index (κ1) is 21.6. The van der Waals surface area contributed by atoms with Crippen LogP contribution in [0.25, 0.3) is 0 Å². The van der Waals surface area contributed by atoms with Gasteiger partial charge < -0.3 is 15.4 Å². The number of thiophene rings is 1. The number of rotatable bonds is 6. The molecule has 1 aliphatic rings. The zero-order valence-corrected chi connectivity index (χ0v) is 18.5. The minimum absolute atomic E-state index is 0.227. The molecule has 2 N–H and O–H groups in total. The fraction of sp³-hybridized carbons (Fsp3) is 0.250. The molecule has 5 nitrogen and oxygen atoms in total. The SMILES string of the molecule is O=C(Nc1ccccc1C(=O)NCC1(c2cccc(Cl)c2)CCOCC1)c1cccs1. The highest BCUT2D eigenvalue weighted by atomic mass is 35.5. The lowest BCUT2D eigenvalue weighted by molar-refractivity contribution is 0.0487. The fourth-order valence-corrected chi connectivity index (χ4v) is 4.68. The highest BCUT2D eigenvalue weighted by molar-refractivity contribution is 7.12. The van der Waals surface area contributed by atoms with E-state index < -0.39 is 0 Å². The van der Waals surface area contributed by atoms with Gasteiger partial charge in [-0.2, -0.15) is 0 Å². The summed E-state index contributed by atoms with van der Waals surface area (Å²) in [4.78, 5) is 26.2. The van der Waals surface area contributed by atoms with Gasteiger partial charge in [-0.3, -0.25) is 9.59 Å². The van der Waals surface area contributed by atoms with E-state index >= 15 is 0 Å². The van der Waals surface area contributed by atoms with Gasteiger partial charge in [0, 0.05) is 30.2 Å². The quantitative estimate of drug-likeness (QED) is 0.542. The van der Waals surface area contributed by atoms with Crippen molar-refractivity contribution in [2.24, 2.45) is 0 Å². The Hall–Kier alpha value is -2.67. The summed E-state index contributed by atoms with van der Waals surface area (Å²) >= 11 is 7.59. The third-order valence-corrected chi connectivity index (χ3v) is 6.74. The van der Waals surface area contributed by atoms with Gasteiger partial charge in [0.05, 0.1) is 16.1 Å². The minimum atomic E-state index is -0.242. The molecule has 2 amide bonds. The molecular formula is C24H23ClN2O3S. The van der Waals surface area contributed by atoms with Crippen LogP contribution < -0.4 is 10.6 Å². The number of hydrogen-bond donors (Lipinski definition) is 2. The summed E-state index contributed by atoms with van der Waals surface area (Å²) in [5, 5.41) is 8.46. The van der Waals surface area contributed by atoms with Gasteiger partial charge in [0.25, 0.3) is 11.8 Å². The molecule has 31 heavy (non-hydrogen) atoms. The van der Waals surface area contributed by atoms with Crippen LogP contribution in [0.4, 0.5) is 5.69 Å². The average Bonchev–Trinajstić information content (AvgIpc) is 3.34. The van der Waals surface area contributed by atoms with Crippen LogP contribution in [0.5, 0.6) is 0 Å². The van der Waals surface area contributed by atoms with Crippen LogP contribution in [-0.2, 0) is 10.2 Å². The second-order valence-electron chi connectivity index (χ2n) is 7.56. The van der Waals surface area contributed by atoms with Crippen LogP contribution in [0.15, 0.2) is 66.0 Å². The van der Waals surface area contributed by atoms with E-state index in [1.54, 1.807) is 30.3 Å². The number of nitrogens with one attached hydrogen (secondary N) is 2. The smallest absolute Gasteiger partial charge is 0.265 e. The fourth-order valence-electron chi connectivity index (χ4n) is 3.87. The van der Waals surface area contributed by atoms with Crippen molar-refractivity contribution in [3.05, 3.63) is 87.1 Å². The van der Waals surface area contributed by atoms with Gasteiger partial charge in [0.1, 0.15) is 0 Å². The minimum Gasteiger partial charge on any atom is -0.381 e. The van der Waals surface area contributed by atoms with Crippen molar-refractivity contribution in [1.82, 2.24) is 5.32 Å². The number of anilines is 1. The van der Waals surface area contributed by atoms with E-state index in [2.05, 4.69) is 16.7 Å². The predicted molar refractivity (Wildman–Crippen MR) is 124 cm³/mol. The van der Waals surface area contributed by atoms with Crippen molar-refractivity contribution in [2.45, 2.75) is 18.3 Å². The molecule has 0 saturated carbocycles. The number of ether oxygens (including phenoxy) is 1. The monoisotopic (exact) mass is 454 g/mol. The lowest BCUT2D eigenvalue weighted by atomic mass is 9.74. The van der Waals surface area contributed by atoms with Gasteiger partial charge in [-0.1, -0.05) is 41.9 Å². The van der Waals surface area contributed by atoms with Gasteiger partial charge >= 0.3 is 0 Å². The number of para-hydroxylation sites is 1. The molecule has 3 aromatic rings. The second-order valence-corrected chi connectivity index (χ2v) is 8.95. The summed E-state index contributed by atoms with van der Waals surface area (Å²) in [5.74, 6) is -0.454. The molecule has 0 atom stereocenters. The van der Waals surface area contributed by atoms with Crippen LogP contribution in [-0.4, -0.2) is 31.6 Å². The zero-order valence-electron chi connectivity index (χ0n) is 16.9. The van der Waals surface area contributed by atoms with Crippen molar-refractivity contribution < 1.29 is 14.3 Å². The third-order valence-electron chi connectivity index (χ3n) is 5.64. The van der Waals surface area contributed by atoms with Gasteiger partial charge in [-0.25, -0.2) is 0 Å². The molecule has 2 heterocycles. The summed E-state index contributed by atoms with van der Waals surface area (Å²) in [5.41, 5.74) is 1.78. The number of benzene rings is 2. The molecule has 0 unspecified atom stereocenters. The van der Waals surface area contributed by atoms with E-state index in [0.717, 1.165) is 18.4 Å². The van der Waals surface area contributed by atoms with Crippen molar-refractivity contribution in [1.29, 1.82) is 0 Å². The first-order chi connectivity index (χ1) is 15.1. The van der Waals surface area contributed by atoms with Gasteiger partial charge in [-0.05, 0) is 54.1 Å². The Morgan fingerprint density at radius 1 is 1.00 bits per heavy atom. The first-order valence-corrected chi connectivity index (χ1v) is 11.4. The molecule has 2 aromatic carbocycles. The highest BCUT2D eigenvalue weighted by Crippen LogP contribution is 2.35. The van der Waals surface area contributed by atoms with E-state index in [1.807, 2.05) is 29.6 Å². The molecule has 1 aromatic heterocycles. The van der Waals surface area contributed by atoms with E-state index in [-0.39, 0.29) is 17.2 Å². The van der Waals surface area contributed by atoms with E-state index in [0.29, 0.717) is 40.9 Å². The Bertz CT molecular complexity index is 1060. The molecule has 0 bridgehead atoms. The Morgan fingerprint density at radius 3 is 2.55 bits per heavy atom. The van der Waals surface area contributed by atoms with Crippen molar-refractivity contribution >= 4 is 40.4 Å². The largest absolute Gasteiger partial charge is 0.381 e. The van der Waals surface area contributed by atoms with Crippen LogP contribution >= 0.6 is 22.9 Å². The molecule has 1 fully saturated rings. The number of amides is 2. The Kier molecular flexibility index (Phi) is 6.70. The zero-order chi connectivity index (χ0) is 21.7. The summed E-state index contributed by atoms with van der Waals surface area (Å²) in [7, 11) is 0. The number of carbonyl (C=O) groups is 2. The lowest BCUT2D eigenvalue weighted by Crippen LogP contribution is -2.44. The normalized spacial score (nSPS) is 15.3. The standard InChI is InChI=1S/C24H23ClN2O3S/c25-18-6-3-5-17(15-18)24(10-12-30-13-11-24)16-26-22(28)19-7-1-2-8-20(19)27-23(29)21-9-4-14-31-21/h1-9,14-15H,10-13,16H2,(H,26,28)(H,27,29). The highest BCUT2D eigenvalue weighted by Gasteiger charge is 2.35. The first-order valence-electron chi connectivity index (χ1n) is 10.1. The Labute approximate surface area is 190 Å². The summed E-state index contributed by atoms with van der Waals surface area (Å²) in [6.07, 6.45) is 1.59. The average molecular weight is 455 g/mol. The molecule has 0 radical (unpaired) electrons. The van der Waals surface area contributed by atoms with Crippen LogP contribution in [0, 0.1) is 0 Å². The molecule has 160 valence electrons. The van der Waals surface area contributed by atoms with E-state index in [9.17, 15) is 9.59 Å². The van der Waals surface area contributed by atoms with E-state index in [4.69, 9.17) is 16.3 Å². The topological polar surface area (TPSA) is 67.4 Å².